The third-order valence-corrected chi connectivity index (χ3v) is 6.93. The van der Waals surface area contributed by atoms with Crippen LogP contribution in [0.2, 0.25) is 0 Å². The first kappa shape index (κ1) is 23.8. The molecule has 0 amide bonds. The van der Waals surface area contributed by atoms with Crippen molar-refractivity contribution in [2.45, 2.75) is 20.8 Å². The average molecular weight is 515 g/mol. The van der Waals surface area contributed by atoms with E-state index in [4.69, 9.17) is 27.3 Å². The average Bonchev–Trinajstić information content (AvgIpc) is 3.04. The lowest BCUT2D eigenvalue weighted by atomic mass is 10.2. The summed E-state index contributed by atoms with van der Waals surface area (Å²) >= 11 is 6.19. The summed E-state index contributed by atoms with van der Waals surface area (Å²) in [6, 6.07) is 32.4. The molecule has 0 fully saturated rings. The molecule has 7 heteroatoms. The minimum absolute atomic E-state index is 0.558. The molecule has 0 radical (unpaired) electrons. The number of nitrogens with one attached hydrogen (secondary N) is 1. The van der Waals surface area contributed by atoms with E-state index in [1.165, 1.54) is 5.56 Å². The lowest BCUT2D eigenvalue weighted by Gasteiger charge is -2.17. The van der Waals surface area contributed by atoms with E-state index in [0.29, 0.717) is 21.4 Å². The highest BCUT2D eigenvalue weighted by atomic mass is 32.1. The third kappa shape index (κ3) is 4.27. The highest BCUT2D eigenvalue weighted by Crippen LogP contribution is 2.22. The smallest absolute Gasteiger partial charge is 0.192 e. The summed E-state index contributed by atoms with van der Waals surface area (Å²) in [6.45, 7) is 6.21. The molecule has 0 aliphatic heterocycles. The molecule has 0 saturated heterocycles. The van der Waals surface area contributed by atoms with Gasteiger partial charge in [0.05, 0.1) is 22.4 Å². The molecule has 6 rings (SSSR count). The molecule has 0 aliphatic rings. The van der Waals surface area contributed by atoms with Gasteiger partial charge < -0.3 is 0 Å². The van der Waals surface area contributed by atoms with Crippen molar-refractivity contribution in [2.75, 3.05) is 5.43 Å². The molecule has 2 heterocycles. The summed E-state index contributed by atoms with van der Waals surface area (Å²) in [4.78, 5) is 10.2. The Bertz CT molecular complexity index is 1930. The fourth-order valence-electron chi connectivity index (χ4n) is 4.49. The number of hydrogen-bond acceptors (Lipinski definition) is 5. The molecular weight excluding hydrogens is 488 g/mol. The van der Waals surface area contributed by atoms with Gasteiger partial charge in [-0.15, -0.1) is 0 Å². The second-order valence-electron chi connectivity index (χ2n) is 9.37. The maximum absolute atomic E-state index is 6.19. The molecule has 1 N–H and O–H groups in total. The van der Waals surface area contributed by atoms with Crippen LogP contribution < -0.4 is 10.8 Å². The number of benzene rings is 4. The van der Waals surface area contributed by atoms with Crippen molar-refractivity contribution in [1.82, 2.24) is 19.1 Å². The third-order valence-electron chi connectivity index (χ3n) is 6.56. The van der Waals surface area contributed by atoms with Crippen molar-refractivity contribution in [1.29, 1.82) is 0 Å². The van der Waals surface area contributed by atoms with E-state index in [1.807, 2.05) is 57.7 Å². The summed E-state index contributed by atoms with van der Waals surface area (Å²) in [6.07, 6.45) is 0. The van der Waals surface area contributed by atoms with Crippen molar-refractivity contribution < 1.29 is 0 Å². The Balaban J connectivity index is 1.81. The van der Waals surface area contributed by atoms with E-state index in [-0.39, 0.29) is 0 Å². The van der Waals surface area contributed by atoms with E-state index < -0.39 is 0 Å². The van der Waals surface area contributed by atoms with Crippen LogP contribution in [0.25, 0.3) is 33.7 Å². The Morgan fingerprint density at radius 3 is 1.84 bits per heavy atom. The Morgan fingerprint density at radius 1 is 0.658 bits per heavy atom. The van der Waals surface area contributed by atoms with Gasteiger partial charge >= 0.3 is 0 Å². The highest BCUT2D eigenvalue weighted by Gasteiger charge is 2.17. The summed E-state index contributed by atoms with van der Waals surface area (Å²) in [7, 11) is 0. The predicted octanol–water partition coefficient (Wildman–Crippen LogP) is 6.95. The van der Waals surface area contributed by atoms with E-state index in [1.54, 1.807) is 0 Å². The van der Waals surface area contributed by atoms with E-state index in [0.717, 1.165) is 39.2 Å². The Labute approximate surface area is 225 Å². The molecule has 186 valence electrons. The van der Waals surface area contributed by atoms with Gasteiger partial charge in [-0.05, 0) is 81.0 Å². The van der Waals surface area contributed by atoms with Crippen molar-refractivity contribution >= 4 is 40.2 Å². The number of rotatable bonds is 4. The van der Waals surface area contributed by atoms with Crippen LogP contribution in [0.15, 0.2) is 102 Å². The monoisotopic (exact) mass is 514 g/mol. The minimum Gasteiger partial charge on any atom is -0.278 e. The van der Waals surface area contributed by atoms with Crippen LogP contribution in [0, 0.1) is 25.5 Å². The van der Waals surface area contributed by atoms with Crippen molar-refractivity contribution in [3.63, 3.8) is 0 Å². The van der Waals surface area contributed by atoms with Crippen molar-refractivity contribution in [3.05, 3.63) is 124 Å². The molecule has 38 heavy (non-hydrogen) atoms. The summed E-state index contributed by atoms with van der Waals surface area (Å²) in [5.41, 5.74) is 12.1. The van der Waals surface area contributed by atoms with Crippen LogP contribution in [-0.4, -0.2) is 19.1 Å². The standard InChI is InChI=1S/C31H26N6S/c1-20-12-16-23(17-13-20)34-35-28-29-32-25-9-5-6-10-26(25)33-30(28)37(27-11-7-4-8-22(27)3)31(38)36(29)24-18-14-21(2)15-19-24/h4-19,34H,1-3H3/b35-28+. The van der Waals surface area contributed by atoms with Crippen molar-refractivity contribution in [3.8, 4) is 11.4 Å². The number of para-hydroxylation sites is 3. The molecule has 2 aromatic heterocycles. The van der Waals surface area contributed by atoms with E-state index in [2.05, 4.69) is 74.7 Å². The van der Waals surface area contributed by atoms with Crippen molar-refractivity contribution in [2.24, 2.45) is 5.10 Å². The Hall–Kier alpha value is -4.62. The Morgan fingerprint density at radius 2 is 1.21 bits per heavy atom. The van der Waals surface area contributed by atoms with Gasteiger partial charge in [-0.2, -0.15) is 5.10 Å². The molecule has 0 aliphatic carbocycles. The molecule has 6 aromatic rings. The molecule has 0 unspecified atom stereocenters. The number of hydrogen-bond donors (Lipinski definition) is 1. The fourth-order valence-corrected chi connectivity index (χ4v) is 4.86. The molecule has 4 aromatic carbocycles. The highest BCUT2D eigenvalue weighted by molar-refractivity contribution is 7.71. The lowest BCUT2D eigenvalue weighted by molar-refractivity contribution is 0.881. The zero-order chi connectivity index (χ0) is 26.2. The van der Waals surface area contributed by atoms with Crippen LogP contribution in [0.5, 0.6) is 0 Å². The zero-order valence-corrected chi connectivity index (χ0v) is 22.2. The molecule has 6 nitrogen and oxygen atoms in total. The first-order valence-corrected chi connectivity index (χ1v) is 12.8. The SMILES string of the molecule is Cc1ccc(N/N=c2\c3nc4ccccc4nc2n(-c2ccccc2C)c(=S)n3-c2ccc(C)cc2)cc1. The number of anilines is 1. The van der Waals surface area contributed by atoms with Crippen LogP contribution in [0.4, 0.5) is 5.69 Å². The van der Waals surface area contributed by atoms with Gasteiger partial charge in [-0.1, -0.05) is 65.7 Å². The first-order valence-electron chi connectivity index (χ1n) is 12.4. The number of aromatic nitrogens is 4. The first-order chi connectivity index (χ1) is 18.5. The van der Waals surface area contributed by atoms with Gasteiger partial charge in [0.25, 0.3) is 0 Å². The number of aryl methyl sites for hydroxylation is 3. The second kappa shape index (κ2) is 9.68. The maximum atomic E-state index is 6.19. The molecule has 0 atom stereocenters. The van der Waals surface area contributed by atoms with E-state index >= 15 is 0 Å². The lowest BCUT2D eigenvalue weighted by Crippen LogP contribution is -2.23. The number of fused-ring (bicyclic) bond motifs is 3. The zero-order valence-electron chi connectivity index (χ0n) is 21.4. The maximum Gasteiger partial charge on any atom is 0.192 e. The quantitative estimate of drug-likeness (QED) is 0.204. The fraction of sp³-hybridized carbons (Fsp3) is 0.0968. The molecule has 0 saturated carbocycles. The normalized spacial score (nSPS) is 11.8. The minimum atomic E-state index is 0.558. The van der Waals surface area contributed by atoms with Crippen LogP contribution in [0.3, 0.4) is 0 Å². The van der Waals surface area contributed by atoms with Crippen LogP contribution >= 0.6 is 12.2 Å². The topological polar surface area (TPSA) is 60.0 Å². The van der Waals surface area contributed by atoms with Crippen LogP contribution in [0.1, 0.15) is 16.7 Å². The molecule has 0 spiro atoms. The summed E-state index contributed by atoms with van der Waals surface area (Å²) < 4.78 is 4.54. The van der Waals surface area contributed by atoms with Gasteiger partial charge in [0.1, 0.15) is 0 Å². The van der Waals surface area contributed by atoms with Gasteiger partial charge in [-0.25, -0.2) is 9.97 Å². The predicted molar refractivity (Wildman–Crippen MR) is 156 cm³/mol. The largest absolute Gasteiger partial charge is 0.278 e. The second-order valence-corrected chi connectivity index (χ2v) is 9.74. The molecular formula is C31H26N6S. The van der Waals surface area contributed by atoms with Gasteiger partial charge in [0, 0.05) is 5.69 Å². The van der Waals surface area contributed by atoms with Gasteiger partial charge in [0.15, 0.2) is 21.4 Å². The Kier molecular flexibility index (Phi) is 6.05. The molecule has 2 bridgehead atoms. The summed E-state index contributed by atoms with van der Waals surface area (Å²) in [5.74, 6) is 0. The van der Waals surface area contributed by atoms with Gasteiger partial charge in [0.2, 0.25) is 0 Å². The van der Waals surface area contributed by atoms with E-state index in [9.17, 15) is 0 Å². The van der Waals surface area contributed by atoms with Crippen LogP contribution in [-0.2, 0) is 0 Å². The number of nitrogens with zero attached hydrogens (tertiary/aromatic N) is 5. The van der Waals surface area contributed by atoms with Gasteiger partial charge in [-0.3, -0.25) is 14.6 Å². The summed E-state index contributed by atoms with van der Waals surface area (Å²) in [5, 5.41) is 5.50.